The Labute approximate surface area is 170 Å². The van der Waals surface area contributed by atoms with Crippen LogP contribution in [0.1, 0.15) is 49.1 Å². The Balaban J connectivity index is 1.47. The fourth-order valence-corrected chi connectivity index (χ4v) is 4.72. The number of fused-ring (bicyclic) bond motifs is 1. The van der Waals surface area contributed by atoms with Gasteiger partial charge in [0.15, 0.2) is 11.9 Å². The van der Waals surface area contributed by atoms with Crippen LogP contribution in [0, 0.1) is 19.8 Å². The van der Waals surface area contributed by atoms with Crippen LogP contribution in [0.2, 0.25) is 0 Å². The maximum atomic E-state index is 12.6. The maximum absolute atomic E-state index is 12.6. The number of aromatic amines is 1. The van der Waals surface area contributed by atoms with Gasteiger partial charge < -0.3 is 15.0 Å². The van der Waals surface area contributed by atoms with Crippen LogP contribution >= 0.6 is 11.3 Å². The monoisotopic (exact) mass is 418 g/mol. The van der Waals surface area contributed by atoms with Crippen molar-refractivity contribution in [3.63, 3.8) is 0 Å². The Bertz CT molecular complexity index is 1100. The first-order chi connectivity index (χ1) is 13.6. The topological polar surface area (TPSA) is 121 Å². The number of ether oxygens (including phenoxy) is 1. The van der Waals surface area contributed by atoms with Crippen molar-refractivity contribution in [1.29, 1.82) is 0 Å². The zero-order valence-corrected chi connectivity index (χ0v) is 17.4. The first-order valence-corrected chi connectivity index (χ1v) is 10.3. The minimum Gasteiger partial charge on any atom is -0.453 e. The highest BCUT2D eigenvalue weighted by Crippen LogP contribution is 2.42. The molecule has 0 aromatic carbocycles. The van der Waals surface area contributed by atoms with Crippen molar-refractivity contribution in [1.82, 2.24) is 20.2 Å². The molecule has 0 unspecified atom stereocenters. The molecule has 2 N–H and O–H groups in total. The summed E-state index contributed by atoms with van der Waals surface area (Å²) in [5.41, 5.74) is -0.355. The summed E-state index contributed by atoms with van der Waals surface area (Å²) in [5, 5.41) is 3.22. The minimum absolute atomic E-state index is 0.109. The van der Waals surface area contributed by atoms with Gasteiger partial charge in [-0.2, -0.15) is 0 Å². The molecule has 3 heterocycles. The second kappa shape index (κ2) is 6.65. The smallest absolute Gasteiger partial charge is 0.326 e. The largest absolute Gasteiger partial charge is 0.453 e. The maximum Gasteiger partial charge on any atom is 0.326 e. The summed E-state index contributed by atoms with van der Waals surface area (Å²) in [7, 11) is 0. The molecule has 2 fully saturated rings. The van der Waals surface area contributed by atoms with Gasteiger partial charge in [-0.15, -0.1) is 11.3 Å². The van der Waals surface area contributed by atoms with Crippen molar-refractivity contribution in [3.8, 4) is 0 Å². The highest BCUT2D eigenvalue weighted by atomic mass is 32.1. The van der Waals surface area contributed by atoms with Gasteiger partial charge in [-0.3, -0.25) is 19.3 Å². The molecule has 3 amide bonds. The zero-order valence-electron chi connectivity index (χ0n) is 16.6. The molecule has 1 saturated heterocycles. The number of nitrogens with zero attached hydrogens (tertiary/aromatic N) is 2. The van der Waals surface area contributed by atoms with Crippen LogP contribution < -0.4 is 10.9 Å². The van der Waals surface area contributed by atoms with Gasteiger partial charge >= 0.3 is 12.0 Å². The van der Waals surface area contributed by atoms with Gasteiger partial charge in [0.2, 0.25) is 0 Å². The van der Waals surface area contributed by atoms with Gasteiger partial charge in [0.25, 0.3) is 11.5 Å². The van der Waals surface area contributed by atoms with Crippen molar-refractivity contribution in [3.05, 3.63) is 26.6 Å². The summed E-state index contributed by atoms with van der Waals surface area (Å²) in [6.07, 6.45) is 0.917. The molecule has 10 heteroatoms. The van der Waals surface area contributed by atoms with E-state index in [1.807, 2.05) is 13.8 Å². The van der Waals surface area contributed by atoms with Crippen LogP contribution in [-0.2, 0) is 14.3 Å². The average Bonchev–Trinajstić information content (AvgIpc) is 3.42. The average molecular weight is 418 g/mol. The molecule has 2 atom stereocenters. The third-order valence-electron chi connectivity index (χ3n) is 5.73. The Morgan fingerprint density at radius 2 is 2.03 bits per heavy atom. The van der Waals surface area contributed by atoms with Crippen LogP contribution in [0.5, 0.6) is 0 Å². The van der Waals surface area contributed by atoms with Crippen molar-refractivity contribution in [2.45, 2.75) is 52.2 Å². The molecule has 4 rings (SSSR count). The molecule has 9 nitrogen and oxygen atoms in total. The lowest BCUT2D eigenvalue weighted by Crippen LogP contribution is -2.46. The summed E-state index contributed by atoms with van der Waals surface area (Å²) >= 11 is 1.40. The van der Waals surface area contributed by atoms with E-state index in [1.54, 1.807) is 13.8 Å². The molecule has 0 spiro atoms. The van der Waals surface area contributed by atoms with E-state index in [2.05, 4.69) is 15.3 Å². The van der Waals surface area contributed by atoms with E-state index in [0.29, 0.717) is 10.2 Å². The normalized spacial score (nSPS) is 22.8. The van der Waals surface area contributed by atoms with Gasteiger partial charge in [-0.05, 0) is 52.0 Å². The van der Waals surface area contributed by atoms with Gasteiger partial charge in [-0.1, -0.05) is 0 Å². The predicted molar refractivity (Wildman–Crippen MR) is 106 cm³/mol. The summed E-state index contributed by atoms with van der Waals surface area (Å²) in [6.45, 7) is 6.56. The fraction of sp³-hybridized carbons (Fsp3) is 0.526. The van der Waals surface area contributed by atoms with E-state index in [0.717, 1.165) is 28.2 Å². The molecule has 2 aromatic rings. The number of carbonyl (C=O) groups is 3. The quantitative estimate of drug-likeness (QED) is 0.565. The molecular weight excluding hydrogens is 396 g/mol. The molecule has 1 aliphatic carbocycles. The fourth-order valence-electron chi connectivity index (χ4n) is 3.68. The van der Waals surface area contributed by atoms with E-state index in [-0.39, 0.29) is 17.3 Å². The molecule has 0 bridgehead atoms. The van der Waals surface area contributed by atoms with Crippen LogP contribution in [0.3, 0.4) is 0 Å². The number of hydrogen-bond acceptors (Lipinski definition) is 7. The first-order valence-electron chi connectivity index (χ1n) is 9.45. The lowest BCUT2D eigenvalue weighted by atomic mass is 9.96. The second-order valence-corrected chi connectivity index (χ2v) is 9.05. The molecule has 154 valence electrons. The van der Waals surface area contributed by atoms with Crippen molar-refractivity contribution in [2.24, 2.45) is 5.92 Å². The number of carbonyl (C=O) groups excluding carboxylic acids is 3. The Morgan fingerprint density at radius 1 is 1.34 bits per heavy atom. The van der Waals surface area contributed by atoms with Gasteiger partial charge in [-0.25, -0.2) is 9.78 Å². The molecule has 0 radical (unpaired) electrons. The molecule has 2 aromatic heterocycles. The van der Waals surface area contributed by atoms with E-state index >= 15 is 0 Å². The number of aromatic nitrogens is 2. The Kier molecular flexibility index (Phi) is 4.49. The van der Waals surface area contributed by atoms with Crippen molar-refractivity contribution < 1.29 is 19.1 Å². The molecule has 29 heavy (non-hydrogen) atoms. The highest BCUT2D eigenvalue weighted by molar-refractivity contribution is 7.18. The third kappa shape index (κ3) is 3.21. The Hall–Kier alpha value is -2.75. The number of esters is 1. The highest BCUT2D eigenvalue weighted by Gasteiger charge is 2.56. The number of aryl methyl sites for hydroxylation is 2. The summed E-state index contributed by atoms with van der Waals surface area (Å²) in [5.74, 6) is -0.829. The van der Waals surface area contributed by atoms with Crippen molar-refractivity contribution >= 4 is 39.5 Å². The van der Waals surface area contributed by atoms with Gasteiger partial charge in [0, 0.05) is 4.88 Å². The third-order valence-corrected chi connectivity index (χ3v) is 6.83. The van der Waals surface area contributed by atoms with Crippen molar-refractivity contribution in [2.75, 3.05) is 6.54 Å². The minimum atomic E-state index is -0.949. The Morgan fingerprint density at radius 3 is 2.69 bits per heavy atom. The lowest BCUT2D eigenvalue weighted by Gasteiger charge is -2.21. The lowest BCUT2D eigenvalue weighted by molar-refractivity contribution is -0.152. The number of nitrogens with one attached hydrogen (secondary N) is 2. The molecule has 1 saturated carbocycles. The molecule has 2 aliphatic rings. The van der Waals surface area contributed by atoms with E-state index in [9.17, 15) is 19.2 Å². The van der Waals surface area contributed by atoms with Gasteiger partial charge in [0.05, 0.1) is 5.39 Å². The summed E-state index contributed by atoms with van der Waals surface area (Å²) < 4.78 is 5.34. The van der Waals surface area contributed by atoms with Gasteiger partial charge in [0.1, 0.15) is 16.9 Å². The van der Waals surface area contributed by atoms with E-state index in [4.69, 9.17) is 4.74 Å². The predicted octanol–water partition coefficient (Wildman–Crippen LogP) is 1.93. The SMILES string of the molecule is Cc1sc2nc([C@H](C)OC(=O)CN3C(=O)N[C@](C)(C4CC4)C3=O)[nH]c(=O)c2c1C. The summed E-state index contributed by atoms with van der Waals surface area (Å²) in [6, 6.07) is -0.591. The second-order valence-electron chi connectivity index (χ2n) is 7.84. The number of thiophene rings is 1. The van der Waals surface area contributed by atoms with E-state index < -0.39 is 36.1 Å². The number of H-pyrrole nitrogens is 1. The number of imide groups is 1. The number of urea groups is 1. The zero-order chi connectivity index (χ0) is 21.1. The number of hydrogen-bond donors (Lipinski definition) is 2. The number of amides is 3. The first kappa shape index (κ1) is 19.6. The summed E-state index contributed by atoms with van der Waals surface area (Å²) in [4.78, 5) is 59.1. The van der Waals surface area contributed by atoms with Crippen LogP contribution in [0.15, 0.2) is 4.79 Å². The standard InChI is InChI=1S/C19H22N4O5S/c1-8-10(3)29-16-13(8)15(25)20-14(21-16)9(2)28-12(24)7-23-17(26)19(4,11-5-6-11)22-18(23)27/h9,11H,5-7H2,1-4H3,(H,22,27)(H,20,21,25)/t9-,19+/m0/s1. The van der Waals surface area contributed by atoms with Crippen LogP contribution in [0.4, 0.5) is 4.79 Å². The number of rotatable bonds is 5. The molecular formula is C19H22N4O5S. The van der Waals surface area contributed by atoms with Crippen LogP contribution in [-0.4, -0.2) is 44.9 Å². The van der Waals surface area contributed by atoms with Crippen LogP contribution in [0.25, 0.3) is 10.2 Å². The molecule has 1 aliphatic heterocycles. The van der Waals surface area contributed by atoms with E-state index in [1.165, 1.54) is 11.3 Å².